The molecule has 2 aromatic carbocycles. The molecule has 294 valence electrons. The van der Waals surface area contributed by atoms with Crippen LogP contribution in [-0.2, 0) is 43.7 Å². The highest BCUT2D eigenvalue weighted by Gasteiger charge is 2.48. The van der Waals surface area contributed by atoms with Gasteiger partial charge in [0, 0.05) is 25.7 Å². The Hall–Kier alpha value is -3.92. The predicted octanol–water partition coefficient (Wildman–Crippen LogP) is -2.93. The van der Waals surface area contributed by atoms with E-state index in [0.29, 0.717) is 11.1 Å². The topological polar surface area (TPSA) is 326 Å². The number of hydrogen-bond donors (Lipinski definition) is 10. The van der Waals surface area contributed by atoms with Gasteiger partial charge in [-0.25, -0.2) is 13.7 Å². The maximum Gasteiger partial charge on any atom is 0.477 e. The minimum absolute atomic E-state index is 0.136. The molecule has 2 aliphatic heterocycles. The molecule has 0 saturated carbocycles. The van der Waals surface area contributed by atoms with Crippen LogP contribution in [0.5, 0.6) is 0 Å². The van der Waals surface area contributed by atoms with Gasteiger partial charge in [-0.05, 0) is 22.8 Å². The fraction of sp³-hybridized carbons (Fsp3) is 0.419. The lowest BCUT2D eigenvalue weighted by Gasteiger charge is -2.43. The minimum Gasteiger partial charge on any atom is -0.388 e. The summed E-state index contributed by atoms with van der Waals surface area (Å²) >= 11 is 0. The number of aliphatic hydroxyl groups excluding tert-OH is 4. The summed E-state index contributed by atoms with van der Waals surface area (Å²) < 4.78 is 46.8. The number of carbonyl (C=O) groups is 2. The molecule has 10 N–H and O–H groups in total. The summed E-state index contributed by atoms with van der Waals surface area (Å²) in [4.78, 5) is 79.9. The molecule has 0 spiro atoms. The van der Waals surface area contributed by atoms with E-state index in [1.807, 2.05) is 4.98 Å². The number of nitrogens with one attached hydrogen (secondary N) is 3. The molecule has 1 aromatic heterocycles. The summed E-state index contributed by atoms with van der Waals surface area (Å²) in [5.41, 5.74) is -0.819. The Labute approximate surface area is 304 Å². The van der Waals surface area contributed by atoms with Crippen LogP contribution in [-0.4, -0.2) is 119 Å². The van der Waals surface area contributed by atoms with E-state index in [-0.39, 0.29) is 5.56 Å². The maximum absolute atomic E-state index is 13.1. The van der Waals surface area contributed by atoms with Crippen molar-refractivity contribution in [2.75, 3.05) is 13.2 Å². The first-order valence-corrected chi connectivity index (χ1v) is 19.2. The molecule has 2 fully saturated rings. The van der Waals surface area contributed by atoms with Gasteiger partial charge in [0.25, 0.3) is 5.56 Å². The summed E-state index contributed by atoms with van der Waals surface area (Å²) in [6, 6.07) is 12.0. The van der Waals surface area contributed by atoms with Gasteiger partial charge in [-0.2, -0.15) is 0 Å². The van der Waals surface area contributed by atoms with Gasteiger partial charge in [0.1, 0.15) is 42.7 Å². The third-order valence-electron chi connectivity index (χ3n) is 8.52. The second-order valence-corrected chi connectivity index (χ2v) is 15.6. The van der Waals surface area contributed by atoms with Crippen molar-refractivity contribution in [3.63, 3.8) is 0 Å². The smallest absolute Gasteiger partial charge is 0.388 e. The Balaban J connectivity index is 1.29. The zero-order chi connectivity index (χ0) is 39.5. The molecule has 0 aliphatic carbocycles. The van der Waals surface area contributed by atoms with Crippen LogP contribution < -0.4 is 27.2 Å². The van der Waals surface area contributed by atoms with Gasteiger partial charge in [0.2, 0.25) is 11.8 Å². The summed E-state index contributed by atoms with van der Waals surface area (Å²) in [5, 5.41) is 47.2. The number of H-pyrrole nitrogens is 1. The Bertz CT molecular complexity index is 2040. The fourth-order valence-electron chi connectivity index (χ4n) is 5.97. The van der Waals surface area contributed by atoms with E-state index >= 15 is 0 Å². The van der Waals surface area contributed by atoms with E-state index in [4.69, 9.17) is 14.2 Å². The lowest BCUT2D eigenvalue weighted by Crippen LogP contribution is -2.65. The molecular weight excluding hydrogens is 762 g/mol. The van der Waals surface area contributed by atoms with Crippen molar-refractivity contribution in [3.05, 3.63) is 87.2 Å². The first-order chi connectivity index (χ1) is 25.3. The predicted molar refractivity (Wildman–Crippen MR) is 183 cm³/mol. The number of aromatic amines is 1. The quantitative estimate of drug-likeness (QED) is 0.0774. The van der Waals surface area contributed by atoms with E-state index < -0.39 is 119 Å². The Morgan fingerprint density at radius 2 is 1.57 bits per heavy atom. The average Bonchev–Trinajstić information content (AvgIpc) is 3.37. The van der Waals surface area contributed by atoms with Crippen molar-refractivity contribution in [1.29, 1.82) is 0 Å². The molecule has 2 aliphatic rings. The van der Waals surface area contributed by atoms with E-state index in [1.165, 1.54) is 12.1 Å². The highest BCUT2D eigenvalue weighted by molar-refractivity contribution is 7.69. The van der Waals surface area contributed by atoms with Crippen molar-refractivity contribution in [2.24, 2.45) is 0 Å². The molecule has 3 heterocycles. The number of carbonyl (C=O) groups excluding carboxylic acids is 2. The molecule has 0 bridgehead atoms. The number of rotatable bonds is 13. The lowest BCUT2D eigenvalue weighted by atomic mass is 9.96. The highest BCUT2D eigenvalue weighted by atomic mass is 31.3. The summed E-state index contributed by atoms with van der Waals surface area (Å²) in [6.45, 7) is 0.0521. The number of amides is 2. The monoisotopic (exact) mass is 800 g/mol. The molecule has 5 rings (SSSR count). The molecule has 2 amide bonds. The zero-order valence-electron chi connectivity index (χ0n) is 28.1. The van der Waals surface area contributed by atoms with Crippen LogP contribution in [0.2, 0.25) is 0 Å². The lowest BCUT2D eigenvalue weighted by molar-refractivity contribution is -0.270. The number of aliphatic hydroxyl groups is 4. The molecule has 3 aromatic rings. The second-order valence-electron chi connectivity index (χ2n) is 12.4. The van der Waals surface area contributed by atoms with Crippen LogP contribution in [0.4, 0.5) is 0 Å². The van der Waals surface area contributed by atoms with Gasteiger partial charge >= 0.3 is 21.1 Å². The summed E-state index contributed by atoms with van der Waals surface area (Å²) in [7, 11) is -10.7. The Kier molecular flexibility index (Phi) is 12.9. The van der Waals surface area contributed by atoms with Crippen LogP contribution >= 0.6 is 15.4 Å². The van der Waals surface area contributed by atoms with Crippen molar-refractivity contribution in [2.45, 2.75) is 68.5 Å². The van der Waals surface area contributed by atoms with E-state index in [0.717, 1.165) is 29.8 Å². The van der Waals surface area contributed by atoms with Gasteiger partial charge in [0.15, 0.2) is 12.5 Å². The van der Waals surface area contributed by atoms with Gasteiger partial charge in [-0.15, -0.1) is 0 Å². The van der Waals surface area contributed by atoms with Crippen LogP contribution in [0.3, 0.4) is 0 Å². The van der Waals surface area contributed by atoms with Crippen molar-refractivity contribution in [3.8, 4) is 11.1 Å². The van der Waals surface area contributed by atoms with Crippen LogP contribution in [0.1, 0.15) is 18.7 Å². The van der Waals surface area contributed by atoms with E-state index in [1.54, 1.807) is 30.3 Å². The van der Waals surface area contributed by atoms with Crippen molar-refractivity contribution >= 4 is 32.5 Å². The molecular formula is C31H38N4O17P2. The van der Waals surface area contributed by atoms with Crippen molar-refractivity contribution < 1.29 is 72.3 Å². The van der Waals surface area contributed by atoms with E-state index in [2.05, 4.69) is 14.9 Å². The number of ether oxygens (including phenoxy) is 3. The molecule has 23 heteroatoms. The highest BCUT2D eigenvalue weighted by Crippen LogP contribution is 2.56. The molecule has 54 heavy (non-hydrogen) atoms. The Morgan fingerprint density at radius 3 is 2.22 bits per heavy atom. The van der Waals surface area contributed by atoms with Crippen LogP contribution in [0.15, 0.2) is 70.4 Å². The molecule has 1 unspecified atom stereocenters. The first-order valence-electron chi connectivity index (χ1n) is 16.1. The Morgan fingerprint density at radius 1 is 0.889 bits per heavy atom. The van der Waals surface area contributed by atoms with Gasteiger partial charge < -0.3 is 60.0 Å². The largest absolute Gasteiger partial charge is 0.477 e. The number of phosphoric acid groups is 1. The van der Waals surface area contributed by atoms with Gasteiger partial charge in [-0.1, -0.05) is 42.5 Å². The van der Waals surface area contributed by atoms with Crippen LogP contribution in [0, 0.1) is 0 Å². The number of hydrogen-bond acceptors (Lipinski definition) is 14. The SMILES string of the molecule is CC(=O)N[C@H]1[C@@H](OC[C@H]2O[C@@H](n3ccc(=O)[nH]c3=O)[C@H](O)[C@@H]2O)O[C@H](CNC(=O)Cc2ccc(-c3ccccc3)cc2P(=O)(O)OP(=O)(O)O)[C@@H](O)[C@@H]1O. The fourth-order valence-corrected chi connectivity index (χ4v) is 8.29. The summed E-state index contributed by atoms with van der Waals surface area (Å²) in [5.74, 6) is -1.48. The maximum atomic E-state index is 13.1. The van der Waals surface area contributed by atoms with Gasteiger partial charge in [-0.3, -0.25) is 28.5 Å². The molecule has 10 atom stereocenters. The minimum atomic E-state index is -5.48. The normalized spacial score (nSPS) is 28.3. The van der Waals surface area contributed by atoms with Gasteiger partial charge in [0.05, 0.1) is 18.3 Å². The van der Waals surface area contributed by atoms with Crippen LogP contribution in [0.25, 0.3) is 11.1 Å². The second kappa shape index (κ2) is 16.8. The standard InChI is InChI=1S/C31H38N4O17P2/c1-15(36)33-24-27(41)25(39)19(51-30(24)49-14-20-26(40)28(42)29(50-20)35-10-9-22(37)34-31(35)43)13-32-23(38)12-18-8-7-17(16-5-3-2-4-6-16)11-21(18)53(44,45)52-54(46,47)48/h2-11,19-20,24-30,39-42H,12-14H2,1H3,(H,32,38)(H,33,36)(H,44,45)(H,34,37,43)(H2,46,47,48)/t19-,20-,24-,25-,26-,27-,28-,29-,30+/m1/s1. The third kappa shape index (κ3) is 9.84. The summed E-state index contributed by atoms with van der Waals surface area (Å²) in [6.07, 6.45) is -12.1. The zero-order valence-corrected chi connectivity index (χ0v) is 29.9. The number of nitrogens with zero attached hydrogens (tertiary/aromatic N) is 1. The molecule has 21 nitrogen and oxygen atoms in total. The number of aromatic nitrogens is 2. The first kappa shape index (κ1) is 41.2. The third-order valence-corrected chi connectivity index (χ3v) is 11.3. The molecule has 2 saturated heterocycles. The average molecular weight is 801 g/mol. The van der Waals surface area contributed by atoms with E-state index in [9.17, 15) is 63.4 Å². The number of benzene rings is 2. The van der Waals surface area contributed by atoms with Crippen molar-refractivity contribution in [1.82, 2.24) is 20.2 Å². The molecule has 0 radical (unpaired) electrons.